The topological polar surface area (TPSA) is 239 Å². The molecule has 0 radical (unpaired) electrons. The number of rotatable bonds is 20. The molecule has 4 atom stereocenters. The van der Waals surface area contributed by atoms with E-state index in [1.54, 1.807) is 17.0 Å². The van der Waals surface area contributed by atoms with Gasteiger partial charge in [-0.2, -0.15) is 0 Å². The fraction of sp³-hybridized carbons (Fsp3) is 0.472. The Morgan fingerprint density at radius 2 is 1.38 bits per heavy atom. The molecule has 53 heavy (non-hydrogen) atoms. The Hall–Kier alpha value is -5.07. The minimum atomic E-state index is -2.27. The number of imidazole rings is 1. The van der Waals surface area contributed by atoms with Gasteiger partial charge in [0, 0.05) is 26.2 Å². The third-order valence-corrected chi connectivity index (χ3v) is 8.12. The molecule has 2 heterocycles. The highest BCUT2D eigenvalue weighted by atomic mass is 16.5. The summed E-state index contributed by atoms with van der Waals surface area (Å²) in [5.74, 6) is -2.42. The number of unbranched alkanes of at least 4 members (excludes halogenated alkanes) is 1. The van der Waals surface area contributed by atoms with Crippen molar-refractivity contribution in [1.29, 1.82) is 0 Å². The number of aliphatic hydroxyl groups excluding tert-OH is 4. The van der Waals surface area contributed by atoms with Crippen molar-refractivity contribution in [2.45, 2.75) is 84.3 Å². The molecule has 0 spiro atoms. The van der Waals surface area contributed by atoms with Crippen LogP contribution in [-0.4, -0.2) is 117 Å². The van der Waals surface area contributed by atoms with E-state index in [2.05, 4.69) is 11.9 Å². The lowest BCUT2D eigenvalue weighted by molar-refractivity contribution is -0.165. The van der Waals surface area contributed by atoms with Gasteiger partial charge >= 0.3 is 17.6 Å². The maximum Gasteiger partial charge on any atom is 0.335 e. The first kappa shape index (κ1) is 42.3. The van der Waals surface area contributed by atoms with Crippen LogP contribution in [0, 0.1) is 0 Å². The summed E-state index contributed by atoms with van der Waals surface area (Å²) in [4.78, 5) is 52.2. The van der Waals surface area contributed by atoms with Crippen LogP contribution in [0.25, 0.3) is 11.2 Å². The monoisotopic (exact) mass is 743 g/mol. The number of ether oxygens (including phenoxy) is 2. The summed E-state index contributed by atoms with van der Waals surface area (Å²) < 4.78 is 16.2. The van der Waals surface area contributed by atoms with Crippen LogP contribution in [0.3, 0.4) is 0 Å². The molecule has 0 amide bonds. The Balaban J connectivity index is 0.000000661. The van der Waals surface area contributed by atoms with Crippen LogP contribution >= 0.6 is 0 Å². The second kappa shape index (κ2) is 20.8. The molecular formula is C36H49N5O12. The normalized spacial score (nSPS) is 13.5. The fourth-order valence-electron chi connectivity index (χ4n) is 5.36. The van der Waals surface area contributed by atoms with Crippen LogP contribution in [0.1, 0.15) is 39.2 Å². The highest BCUT2D eigenvalue weighted by Gasteiger charge is 2.29. The molecule has 4 unspecified atom stereocenters. The summed E-state index contributed by atoms with van der Waals surface area (Å²) in [5, 5.41) is 54.5. The molecule has 0 aliphatic rings. The second-order valence-corrected chi connectivity index (χ2v) is 12.2. The average molecular weight is 744 g/mol. The van der Waals surface area contributed by atoms with Gasteiger partial charge in [-0.25, -0.2) is 19.4 Å². The zero-order valence-corrected chi connectivity index (χ0v) is 30.0. The zero-order chi connectivity index (χ0) is 39.1. The third kappa shape index (κ3) is 12.0. The number of carbonyl (C=O) groups is 2. The number of carboxylic acid groups (broad SMARTS) is 2. The molecule has 6 N–H and O–H groups in total. The molecule has 17 heteroatoms. The summed E-state index contributed by atoms with van der Waals surface area (Å²) in [6, 6.07) is 17.2. The summed E-state index contributed by atoms with van der Waals surface area (Å²) in [7, 11) is 0. The van der Waals surface area contributed by atoms with Crippen molar-refractivity contribution >= 4 is 23.1 Å². The van der Waals surface area contributed by atoms with Gasteiger partial charge in [0.05, 0.1) is 19.0 Å². The van der Waals surface area contributed by atoms with Crippen LogP contribution in [0.15, 0.2) is 70.5 Å². The summed E-state index contributed by atoms with van der Waals surface area (Å²) >= 11 is 0. The van der Waals surface area contributed by atoms with Gasteiger partial charge in [0.25, 0.3) is 5.56 Å². The maximum absolute atomic E-state index is 13.3. The van der Waals surface area contributed by atoms with Gasteiger partial charge in [-0.05, 0) is 44.5 Å². The van der Waals surface area contributed by atoms with Crippen molar-refractivity contribution in [3.8, 4) is 11.5 Å². The van der Waals surface area contributed by atoms with E-state index < -0.39 is 47.6 Å². The molecule has 0 fully saturated rings. The molecule has 4 aromatic rings. The molecule has 0 saturated carbocycles. The van der Waals surface area contributed by atoms with Gasteiger partial charge in [0.15, 0.2) is 34.9 Å². The number of benzene rings is 2. The Kier molecular flexibility index (Phi) is 16.6. The first-order chi connectivity index (χ1) is 25.3. The van der Waals surface area contributed by atoms with Gasteiger partial charge in [-0.3, -0.25) is 18.8 Å². The number of nitrogens with zero attached hydrogens (tertiary/aromatic N) is 5. The number of aryl methyl sites for hydroxylation is 2. The fourth-order valence-corrected chi connectivity index (χ4v) is 5.36. The molecule has 2 aromatic heterocycles. The van der Waals surface area contributed by atoms with Crippen LogP contribution in [0.2, 0.25) is 0 Å². The molecule has 290 valence electrons. The van der Waals surface area contributed by atoms with Gasteiger partial charge in [0.1, 0.15) is 19.3 Å². The third-order valence-electron chi connectivity index (χ3n) is 8.12. The van der Waals surface area contributed by atoms with E-state index in [4.69, 9.17) is 29.9 Å². The highest BCUT2D eigenvalue weighted by molar-refractivity contribution is 5.83. The Labute approximate surface area is 305 Å². The van der Waals surface area contributed by atoms with E-state index in [-0.39, 0.29) is 26.2 Å². The Bertz CT molecular complexity index is 1860. The number of fused-ring (bicyclic) bond motifs is 1. The highest BCUT2D eigenvalue weighted by Crippen LogP contribution is 2.27. The smallest absolute Gasteiger partial charge is 0.335 e. The number of hydrogen-bond acceptors (Lipinski definition) is 12. The predicted molar refractivity (Wildman–Crippen MR) is 193 cm³/mol. The lowest BCUT2D eigenvalue weighted by Crippen LogP contribution is -2.46. The van der Waals surface area contributed by atoms with Gasteiger partial charge in [-0.1, -0.05) is 55.8 Å². The molecule has 17 nitrogen and oxygen atoms in total. The lowest BCUT2D eigenvalue weighted by Gasteiger charge is -2.27. The van der Waals surface area contributed by atoms with Crippen molar-refractivity contribution in [3.63, 3.8) is 0 Å². The average Bonchev–Trinajstić information content (AvgIpc) is 3.58. The molecule has 2 aromatic carbocycles. The van der Waals surface area contributed by atoms with E-state index in [0.717, 1.165) is 23.0 Å². The molecule has 4 rings (SSSR count). The van der Waals surface area contributed by atoms with E-state index in [1.165, 1.54) is 4.57 Å². The van der Waals surface area contributed by atoms with Gasteiger partial charge in [-0.15, -0.1) is 0 Å². The quantitative estimate of drug-likeness (QED) is 0.0733. The first-order valence-corrected chi connectivity index (χ1v) is 17.3. The number of aliphatic hydroxyl groups is 4. The molecule has 0 bridgehead atoms. The van der Waals surface area contributed by atoms with Crippen molar-refractivity contribution in [3.05, 3.63) is 87.3 Å². The SMILES string of the molecule is CCCCN(CC(O)COc1ccccc1OCc1ccccc1)CC(O)Cn1c(=O)c2c(ncn2CC)n(CC)c1=O.O=C(O)C(O)C(O)C(=O)O. The zero-order valence-electron chi connectivity index (χ0n) is 30.0. The molecular weight excluding hydrogens is 694 g/mol. The van der Waals surface area contributed by atoms with E-state index in [9.17, 15) is 29.4 Å². The van der Waals surface area contributed by atoms with Gasteiger partial charge in [0.2, 0.25) is 0 Å². The van der Waals surface area contributed by atoms with Crippen molar-refractivity contribution in [1.82, 2.24) is 23.6 Å². The standard InChI is InChI=1S/C32H43N5O6.C4H6O6/c1-4-7-17-34(18-25(38)20-37-31(40)29-30(33-23-35(29)5-2)36(6-3)32(37)41)19-26(39)22-43-28-16-12-11-15-27(28)42-21-24-13-9-8-10-14-24;5-1(3(7)8)2(6)4(9)10/h8-16,23,25-26,38-39H,4-7,17-22H2,1-3H3;1-2,5-6H,(H,7,8)(H,9,10). The first-order valence-electron chi connectivity index (χ1n) is 17.3. The summed E-state index contributed by atoms with van der Waals surface area (Å²) in [6.07, 6.45) is -3.04. The summed E-state index contributed by atoms with van der Waals surface area (Å²) in [5.41, 5.74) is 0.769. The predicted octanol–water partition coefficient (Wildman–Crippen LogP) is 0.759. The molecule has 0 saturated heterocycles. The number of carboxylic acids is 2. The Morgan fingerprint density at radius 1 is 0.792 bits per heavy atom. The minimum Gasteiger partial charge on any atom is -0.487 e. The van der Waals surface area contributed by atoms with Crippen LogP contribution < -0.4 is 20.7 Å². The lowest BCUT2D eigenvalue weighted by atomic mass is 10.2. The van der Waals surface area contributed by atoms with Gasteiger partial charge < -0.3 is 44.7 Å². The van der Waals surface area contributed by atoms with Crippen LogP contribution in [0.5, 0.6) is 11.5 Å². The number of para-hydroxylation sites is 2. The van der Waals surface area contributed by atoms with Crippen LogP contribution in [0.4, 0.5) is 0 Å². The van der Waals surface area contributed by atoms with E-state index in [1.807, 2.05) is 67.3 Å². The largest absolute Gasteiger partial charge is 0.487 e. The van der Waals surface area contributed by atoms with E-state index in [0.29, 0.717) is 48.9 Å². The number of aliphatic carboxylic acids is 2. The van der Waals surface area contributed by atoms with Crippen molar-refractivity contribution < 1.29 is 49.7 Å². The van der Waals surface area contributed by atoms with E-state index >= 15 is 0 Å². The van der Waals surface area contributed by atoms with Crippen molar-refractivity contribution in [2.75, 3.05) is 26.2 Å². The number of aromatic nitrogens is 4. The maximum atomic E-state index is 13.3. The van der Waals surface area contributed by atoms with Crippen molar-refractivity contribution in [2.24, 2.45) is 0 Å². The minimum absolute atomic E-state index is 0.0305. The molecule has 0 aliphatic heterocycles. The number of hydrogen-bond donors (Lipinski definition) is 6. The second-order valence-electron chi connectivity index (χ2n) is 12.2. The van der Waals surface area contributed by atoms with Crippen LogP contribution in [-0.2, 0) is 35.8 Å². The Morgan fingerprint density at radius 3 is 1.94 bits per heavy atom. The molecule has 0 aliphatic carbocycles. The summed E-state index contributed by atoms with van der Waals surface area (Å²) in [6.45, 7) is 8.00.